The van der Waals surface area contributed by atoms with E-state index in [0.717, 1.165) is 12.1 Å². The molecule has 18 heteroatoms. The molecule has 0 aliphatic heterocycles. The molecular weight excluding hydrogens is 658 g/mol. The highest BCUT2D eigenvalue weighted by molar-refractivity contribution is 6.07. The summed E-state index contributed by atoms with van der Waals surface area (Å²) in [4.78, 5) is 45.4. The molecule has 0 unspecified atom stereocenters. The molecule has 2 aromatic carbocycles. The van der Waals surface area contributed by atoms with Crippen LogP contribution in [0.3, 0.4) is 0 Å². The van der Waals surface area contributed by atoms with Crippen LogP contribution in [0.1, 0.15) is 42.5 Å². The minimum atomic E-state index is -1.52. The molecule has 4 heterocycles. The van der Waals surface area contributed by atoms with E-state index in [1.807, 2.05) is 0 Å². The molecule has 0 radical (unpaired) electrons. The molecule has 0 bridgehead atoms. The molecule has 50 heavy (non-hydrogen) atoms. The first-order chi connectivity index (χ1) is 24.2. The molecule has 0 saturated carbocycles. The SMILES string of the molecule is O=C(Nc1cc(CCOc2cc(NC(=O)c3ccc(-n4ccnc4)nn3)c(C(=O)O)cc2F)c(F)cc1CO)c1ccc(-n2ccnc2)nn1. The number of carbonyl (C=O) groups is 3. The van der Waals surface area contributed by atoms with Gasteiger partial charge in [-0.25, -0.2) is 23.5 Å². The van der Waals surface area contributed by atoms with Gasteiger partial charge in [-0.1, -0.05) is 0 Å². The summed E-state index contributed by atoms with van der Waals surface area (Å²) < 4.78 is 38.5. The van der Waals surface area contributed by atoms with Crippen LogP contribution in [0.25, 0.3) is 11.6 Å². The van der Waals surface area contributed by atoms with Gasteiger partial charge in [0.15, 0.2) is 34.6 Å². The van der Waals surface area contributed by atoms with Crippen molar-refractivity contribution in [3.05, 3.63) is 126 Å². The van der Waals surface area contributed by atoms with E-state index < -0.39 is 47.3 Å². The third kappa shape index (κ3) is 7.29. The van der Waals surface area contributed by atoms with Crippen molar-refractivity contribution in [2.75, 3.05) is 17.2 Å². The fourth-order valence-electron chi connectivity index (χ4n) is 4.64. The predicted molar refractivity (Wildman–Crippen MR) is 169 cm³/mol. The topological polar surface area (TPSA) is 212 Å². The Balaban J connectivity index is 1.14. The summed E-state index contributed by atoms with van der Waals surface area (Å²) in [5.74, 6) is -4.41. The largest absolute Gasteiger partial charge is 0.490 e. The number of carboxylic acids is 1. The summed E-state index contributed by atoms with van der Waals surface area (Å²) in [6, 6.07) is 9.84. The van der Waals surface area contributed by atoms with Crippen LogP contribution in [0, 0.1) is 11.6 Å². The third-order valence-electron chi connectivity index (χ3n) is 7.17. The highest BCUT2D eigenvalue weighted by Crippen LogP contribution is 2.28. The Morgan fingerprint density at radius 2 is 1.34 bits per heavy atom. The predicted octanol–water partition coefficient (Wildman–Crippen LogP) is 3.23. The molecular formula is C32H24F2N10O6. The highest BCUT2D eigenvalue weighted by atomic mass is 19.1. The Bertz CT molecular complexity index is 2160. The van der Waals surface area contributed by atoms with Gasteiger partial charge in [0.25, 0.3) is 11.8 Å². The second kappa shape index (κ2) is 14.4. The van der Waals surface area contributed by atoms with Crippen LogP contribution in [0.4, 0.5) is 20.2 Å². The van der Waals surface area contributed by atoms with Gasteiger partial charge < -0.3 is 25.6 Å². The van der Waals surface area contributed by atoms with Crippen LogP contribution < -0.4 is 15.4 Å². The number of nitrogens with one attached hydrogen (secondary N) is 2. The first-order valence-corrected chi connectivity index (χ1v) is 14.6. The summed E-state index contributed by atoms with van der Waals surface area (Å²) >= 11 is 0. The van der Waals surface area contributed by atoms with Crippen LogP contribution in [-0.2, 0) is 13.0 Å². The summed E-state index contributed by atoms with van der Waals surface area (Å²) in [7, 11) is 0. The number of imidazole rings is 2. The maximum atomic E-state index is 15.0. The van der Waals surface area contributed by atoms with Crippen LogP contribution in [0.5, 0.6) is 5.75 Å². The molecule has 0 aliphatic rings. The number of carbonyl (C=O) groups excluding carboxylic acids is 2. The zero-order valence-electron chi connectivity index (χ0n) is 25.6. The summed E-state index contributed by atoms with van der Waals surface area (Å²) in [6.45, 7) is -0.896. The number of hydrogen-bond acceptors (Lipinski definition) is 11. The maximum absolute atomic E-state index is 15.0. The van der Waals surface area contributed by atoms with Gasteiger partial charge in [0.2, 0.25) is 0 Å². The van der Waals surface area contributed by atoms with Gasteiger partial charge >= 0.3 is 5.97 Å². The summed E-state index contributed by atoms with van der Waals surface area (Å²) in [6.07, 6.45) is 9.22. The van der Waals surface area contributed by atoms with E-state index in [0.29, 0.717) is 17.7 Å². The van der Waals surface area contributed by atoms with Gasteiger partial charge in [-0.15, -0.1) is 20.4 Å². The van der Waals surface area contributed by atoms with Gasteiger partial charge in [0.05, 0.1) is 24.5 Å². The van der Waals surface area contributed by atoms with Crippen molar-refractivity contribution in [2.24, 2.45) is 0 Å². The normalized spacial score (nSPS) is 10.9. The van der Waals surface area contributed by atoms with Crippen molar-refractivity contribution in [3.8, 4) is 17.4 Å². The Morgan fingerprint density at radius 3 is 1.84 bits per heavy atom. The van der Waals surface area contributed by atoms with E-state index in [1.165, 1.54) is 43.1 Å². The number of halogens is 2. The molecule has 4 aromatic heterocycles. The number of carboxylic acid groups (broad SMARTS) is 1. The minimum absolute atomic E-state index is 0.0475. The number of aliphatic hydroxyl groups is 1. The molecule has 252 valence electrons. The summed E-state index contributed by atoms with van der Waals surface area (Å²) in [5, 5.41) is 40.1. The van der Waals surface area contributed by atoms with Crippen molar-refractivity contribution >= 4 is 29.2 Å². The molecule has 0 atom stereocenters. The smallest absolute Gasteiger partial charge is 0.337 e. The summed E-state index contributed by atoms with van der Waals surface area (Å²) in [5.41, 5.74) is -0.818. The lowest BCUT2D eigenvalue weighted by molar-refractivity contribution is 0.0697. The number of hydrogen-bond donors (Lipinski definition) is 4. The number of aromatic carboxylic acids is 1. The van der Waals surface area contributed by atoms with Crippen molar-refractivity contribution in [1.29, 1.82) is 0 Å². The van der Waals surface area contributed by atoms with E-state index in [2.05, 4.69) is 41.0 Å². The number of amides is 2. The monoisotopic (exact) mass is 682 g/mol. The molecule has 0 aliphatic carbocycles. The molecule has 0 saturated heterocycles. The second-order valence-electron chi connectivity index (χ2n) is 10.4. The van der Waals surface area contributed by atoms with Crippen molar-refractivity contribution in [1.82, 2.24) is 39.5 Å². The lowest BCUT2D eigenvalue weighted by Crippen LogP contribution is -2.18. The number of anilines is 2. The third-order valence-corrected chi connectivity index (χ3v) is 7.17. The average molecular weight is 683 g/mol. The second-order valence-corrected chi connectivity index (χ2v) is 10.4. The van der Waals surface area contributed by atoms with Gasteiger partial charge in [-0.05, 0) is 48.0 Å². The van der Waals surface area contributed by atoms with Crippen LogP contribution >= 0.6 is 0 Å². The van der Waals surface area contributed by atoms with Gasteiger partial charge in [-0.2, -0.15) is 0 Å². The van der Waals surface area contributed by atoms with E-state index in [9.17, 15) is 33.4 Å². The molecule has 0 fully saturated rings. The van der Waals surface area contributed by atoms with Gasteiger partial charge in [0.1, 0.15) is 18.5 Å². The zero-order valence-corrected chi connectivity index (χ0v) is 25.6. The fraction of sp³-hybridized carbons (Fsp3) is 0.0938. The van der Waals surface area contributed by atoms with Crippen LogP contribution in [-0.4, -0.2) is 74.1 Å². The molecule has 6 aromatic rings. The van der Waals surface area contributed by atoms with Crippen molar-refractivity contribution in [3.63, 3.8) is 0 Å². The lowest BCUT2D eigenvalue weighted by Gasteiger charge is -2.15. The Labute approximate surface area is 280 Å². The highest BCUT2D eigenvalue weighted by Gasteiger charge is 2.20. The van der Waals surface area contributed by atoms with Gasteiger partial charge in [-0.3, -0.25) is 18.7 Å². The van der Waals surface area contributed by atoms with Gasteiger partial charge in [0, 0.05) is 48.5 Å². The number of rotatable bonds is 12. The molecule has 0 spiro atoms. The minimum Gasteiger partial charge on any atom is -0.490 e. The quantitative estimate of drug-likeness (QED) is 0.147. The molecule has 4 N–H and O–H groups in total. The Hall–Kier alpha value is -6.95. The number of aromatic nitrogens is 8. The maximum Gasteiger partial charge on any atom is 0.337 e. The molecule has 16 nitrogen and oxygen atoms in total. The number of aliphatic hydroxyl groups excluding tert-OH is 1. The lowest BCUT2D eigenvalue weighted by atomic mass is 10.1. The van der Waals surface area contributed by atoms with E-state index in [-0.39, 0.29) is 46.9 Å². The van der Waals surface area contributed by atoms with E-state index in [1.54, 1.807) is 33.8 Å². The molecule has 2 amide bonds. The Morgan fingerprint density at radius 1 is 0.740 bits per heavy atom. The standard InChI is InChI=1S/C32H24F2N10O6/c33-21-11-19(15-45)25(37-30(46)23-1-3-28(41-39-23)43-8-6-35-16-43)12-18(21)5-10-50-27-14-26(20(32(48)49)13-22(27)34)38-31(47)24-2-4-29(42-40-24)44-9-7-36-17-44/h1-4,6-9,11-14,16-17,45H,5,10,15H2,(H,37,46)(H,38,47)(H,48,49). The van der Waals surface area contributed by atoms with E-state index >= 15 is 0 Å². The Kier molecular flexibility index (Phi) is 9.52. The molecule has 6 rings (SSSR count). The number of benzene rings is 2. The number of nitrogens with zero attached hydrogens (tertiary/aromatic N) is 8. The zero-order chi connectivity index (χ0) is 35.2. The first kappa shape index (κ1) is 33.0. The number of ether oxygens (including phenoxy) is 1. The van der Waals surface area contributed by atoms with Crippen molar-refractivity contribution in [2.45, 2.75) is 13.0 Å². The fourth-order valence-corrected chi connectivity index (χ4v) is 4.64. The average Bonchev–Trinajstić information content (AvgIpc) is 3.86. The van der Waals surface area contributed by atoms with E-state index in [4.69, 9.17) is 4.74 Å². The van der Waals surface area contributed by atoms with Crippen LogP contribution in [0.2, 0.25) is 0 Å². The first-order valence-electron chi connectivity index (χ1n) is 14.6. The van der Waals surface area contributed by atoms with Crippen molar-refractivity contribution < 1.29 is 38.1 Å². The van der Waals surface area contributed by atoms with Crippen LogP contribution in [0.15, 0.2) is 86.0 Å².